The molecule has 0 aliphatic carbocycles. The van der Waals surface area contributed by atoms with Gasteiger partial charge in [-0.25, -0.2) is 4.39 Å². The summed E-state index contributed by atoms with van der Waals surface area (Å²) in [5.74, 6) is 0.155. The van der Waals surface area contributed by atoms with Gasteiger partial charge in [0, 0.05) is 26.2 Å². The maximum Gasteiger partial charge on any atom is 0.263 e. The monoisotopic (exact) mass is 400 g/mol. The van der Waals surface area contributed by atoms with Crippen LogP contribution in [0.25, 0.3) is 0 Å². The van der Waals surface area contributed by atoms with Crippen LogP contribution in [-0.4, -0.2) is 59.0 Å². The number of phenols is 1. The molecule has 0 aromatic heterocycles. The summed E-state index contributed by atoms with van der Waals surface area (Å²) in [7, 11) is 0. The first-order valence-electron chi connectivity index (χ1n) is 9.69. The lowest BCUT2D eigenvalue weighted by Crippen LogP contribution is -2.43. The molecule has 2 amide bonds. The molecule has 0 radical (unpaired) electrons. The first-order chi connectivity index (χ1) is 13.9. The highest BCUT2D eigenvalue weighted by molar-refractivity contribution is 5.81. The summed E-state index contributed by atoms with van der Waals surface area (Å²) in [4.78, 5) is 28.8. The first kappa shape index (κ1) is 20.6. The van der Waals surface area contributed by atoms with Crippen LogP contribution in [0, 0.1) is 5.82 Å². The Morgan fingerprint density at radius 3 is 2.31 bits per heavy atom. The standard InChI is InChI=1S/C22H25FN2O4/c1-16(29-20-9-7-19(26)8-10-20)22(28)25-12-2-11-24(13-14-25)21(27)15-17-3-5-18(23)6-4-17/h3-10,16,26H,2,11-15H2,1H3. The molecule has 1 aliphatic heterocycles. The Hall–Kier alpha value is -3.09. The van der Waals surface area contributed by atoms with Gasteiger partial charge in [0.25, 0.3) is 5.91 Å². The van der Waals surface area contributed by atoms with Gasteiger partial charge in [0.05, 0.1) is 6.42 Å². The van der Waals surface area contributed by atoms with Crippen LogP contribution in [0.15, 0.2) is 48.5 Å². The number of benzene rings is 2. The number of rotatable bonds is 5. The van der Waals surface area contributed by atoms with Crippen LogP contribution < -0.4 is 4.74 Å². The number of amides is 2. The predicted molar refractivity (Wildman–Crippen MR) is 106 cm³/mol. The summed E-state index contributed by atoms with van der Waals surface area (Å²) in [6, 6.07) is 12.1. The number of carbonyl (C=O) groups excluding carboxylic acids is 2. The topological polar surface area (TPSA) is 70.1 Å². The van der Waals surface area contributed by atoms with Crippen molar-refractivity contribution in [2.75, 3.05) is 26.2 Å². The minimum atomic E-state index is -0.666. The van der Waals surface area contributed by atoms with Crippen LogP contribution in [0.1, 0.15) is 18.9 Å². The van der Waals surface area contributed by atoms with Gasteiger partial charge >= 0.3 is 0 Å². The molecule has 3 rings (SSSR count). The van der Waals surface area contributed by atoms with Crippen molar-refractivity contribution in [3.63, 3.8) is 0 Å². The summed E-state index contributed by atoms with van der Waals surface area (Å²) >= 11 is 0. The van der Waals surface area contributed by atoms with Gasteiger partial charge in [-0.2, -0.15) is 0 Å². The van der Waals surface area contributed by atoms with Crippen molar-refractivity contribution in [2.24, 2.45) is 0 Å². The minimum Gasteiger partial charge on any atom is -0.508 e. The molecule has 1 aliphatic rings. The van der Waals surface area contributed by atoms with E-state index in [-0.39, 0.29) is 29.8 Å². The molecule has 6 nitrogen and oxygen atoms in total. The van der Waals surface area contributed by atoms with Crippen LogP contribution in [0.5, 0.6) is 11.5 Å². The van der Waals surface area contributed by atoms with E-state index < -0.39 is 6.10 Å². The van der Waals surface area contributed by atoms with E-state index in [0.29, 0.717) is 38.3 Å². The second kappa shape index (κ2) is 9.41. The molecule has 0 spiro atoms. The minimum absolute atomic E-state index is 0.0284. The molecule has 1 heterocycles. The van der Waals surface area contributed by atoms with Crippen LogP contribution >= 0.6 is 0 Å². The van der Waals surface area contributed by atoms with Gasteiger partial charge in [0.2, 0.25) is 5.91 Å². The maximum absolute atomic E-state index is 13.0. The summed E-state index contributed by atoms with van der Waals surface area (Å²) in [6.07, 6.45) is 0.238. The van der Waals surface area contributed by atoms with E-state index in [0.717, 1.165) is 5.56 Å². The fourth-order valence-electron chi connectivity index (χ4n) is 3.31. The summed E-state index contributed by atoms with van der Waals surface area (Å²) in [5.41, 5.74) is 0.768. The molecule has 1 atom stereocenters. The zero-order chi connectivity index (χ0) is 20.8. The molecular weight excluding hydrogens is 375 g/mol. The predicted octanol–water partition coefficient (Wildman–Crippen LogP) is 2.60. The molecule has 2 aromatic carbocycles. The van der Waals surface area contributed by atoms with E-state index in [1.165, 1.54) is 24.3 Å². The van der Waals surface area contributed by atoms with E-state index in [1.54, 1.807) is 41.0 Å². The third kappa shape index (κ3) is 5.70. The largest absolute Gasteiger partial charge is 0.508 e. The Bertz CT molecular complexity index is 839. The normalized spacial score (nSPS) is 15.5. The fourth-order valence-corrected chi connectivity index (χ4v) is 3.31. The highest BCUT2D eigenvalue weighted by Crippen LogP contribution is 2.18. The van der Waals surface area contributed by atoms with Gasteiger partial charge in [-0.1, -0.05) is 12.1 Å². The van der Waals surface area contributed by atoms with Gasteiger partial charge in [0.1, 0.15) is 17.3 Å². The molecule has 1 unspecified atom stereocenters. The summed E-state index contributed by atoms with van der Waals surface area (Å²) in [6.45, 7) is 3.73. The number of halogens is 1. The van der Waals surface area contributed by atoms with E-state index in [9.17, 15) is 19.1 Å². The zero-order valence-corrected chi connectivity index (χ0v) is 16.4. The lowest BCUT2D eigenvalue weighted by Gasteiger charge is -2.25. The van der Waals surface area contributed by atoms with Crippen molar-refractivity contribution in [1.82, 2.24) is 9.80 Å². The molecule has 0 bridgehead atoms. The van der Waals surface area contributed by atoms with Crippen molar-refractivity contribution < 1.29 is 23.8 Å². The zero-order valence-electron chi connectivity index (χ0n) is 16.4. The molecule has 2 aromatic rings. The number of phenolic OH excluding ortho intramolecular Hbond substituents is 1. The number of hydrogen-bond donors (Lipinski definition) is 1. The smallest absolute Gasteiger partial charge is 0.263 e. The van der Waals surface area contributed by atoms with Crippen molar-refractivity contribution in [3.8, 4) is 11.5 Å². The van der Waals surface area contributed by atoms with Crippen LogP contribution in [0.2, 0.25) is 0 Å². The summed E-state index contributed by atoms with van der Waals surface area (Å²) in [5, 5.41) is 9.33. The van der Waals surface area contributed by atoms with Gasteiger partial charge < -0.3 is 19.6 Å². The van der Waals surface area contributed by atoms with Gasteiger partial charge in [-0.3, -0.25) is 9.59 Å². The SMILES string of the molecule is CC(Oc1ccc(O)cc1)C(=O)N1CCCN(C(=O)Cc2ccc(F)cc2)CC1. The maximum atomic E-state index is 13.0. The molecule has 1 N–H and O–H groups in total. The third-order valence-corrected chi connectivity index (χ3v) is 4.93. The first-order valence-corrected chi connectivity index (χ1v) is 9.69. The van der Waals surface area contributed by atoms with E-state index >= 15 is 0 Å². The van der Waals surface area contributed by atoms with Crippen LogP contribution in [0.4, 0.5) is 4.39 Å². The van der Waals surface area contributed by atoms with Crippen LogP contribution in [0.3, 0.4) is 0 Å². The second-order valence-corrected chi connectivity index (χ2v) is 7.12. The fraction of sp³-hybridized carbons (Fsp3) is 0.364. The Labute approximate surface area is 169 Å². The van der Waals surface area contributed by atoms with Crippen molar-refractivity contribution in [3.05, 3.63) is 59.9 Å². The molecule has 1 fully saturated rings. The number of hydrogen-bond acceptors (Lipinski definition) is 4. The molecule has 154 valence electrons. The number of aromatic hydroxyl groups is 1. The molecular formula is C22H25FN2O4. The Kier molecular flexibility index (Phi) is 6.69. The van der Waals surface area contributed by atoms with Gasteiger partial charge in [0.15, 0.2) is 6.10 Å². The number of carbonyl (C=O) groups is 2. The lowest BCUT2D eigenvalue weighted by atomic mass is 10.1. The molecule has 0 saturated carbocycles. The molecule has 29 heavy (non-hydrogen) atoms. The lowest BCUT2D eigenvalue weighted by molar-refractivity contribution is -0.138. The molecule has 1 saturated heterocycles. The van der Waals surface area contributed by atoms with Crippen molar-refractivity contribution in [2.45, 2.75) is 25.9 Å². The Morgan fingerprint density at radius 2 is 1.62 bits per heavy atom. The average Bonchev–Trinajstić information content (AvgIpc) is 2.97. The Balaban J connectivity index is 1.52. The Morgan fingerprint density at radius 1 is 1.00 bits per heavy atom. The highest BCUT2D eigenvalue weighted by atomic mass is 19.1. The summed E-state index contributed by atoms with van der Waals surface area (Å²) < 4.78 is 18.7. The third-order valence-electron chi connectivity index (χ3n) is 4.93. The van der Waals surface area contributed by atoms with Gasteiger partial charge in [-0.05, 0) is 55.3 Å². The van der Waals surface area contributed by atoms with Crippen LogP contribution in [-0.2, 0) is 16.0 Å². The average molecular weight is 400 g/mol. The van der Waals surface area contributed by atoms with E-state index in [2.05, 4.69) is 0 Å². The second-order valence-electron chi connectivity index (χ2n) is 7.12. The van der Waals surface area contributed by atoms with Crippen molar-refractivity contribution in [1.29, 1.82) is 0 Å². The van der Waals surface area contributed by atoms with E-state index in [4.69, 9.17) is 4.74 Å². The van der Waals surface area contributed by atoms with E-state index in [1.807, 2.05) is 0 Å². The number of ether oxygens (including phenoxy) is 1. The molecule has 7 heteroatoms. The quantitative estimate of drug-likeness (QED) is 0.838. The highest BCUT2D eigenvalue weighted by Gasteiger charge is 2.26. The van der Waals surface area contributed by atoms with Crippen molar-refractivity contribution >= 4 is 11.8 Å². The number of nitrogens with zero attached hydrogens (tertiary/aromatic N) is 2. The van der Waals surface area contributed by atoms with Gasteiger partial charge in [-0.15, -0.1) is 0 Å².